The van der Waals surface area contributed by atoms with Crippen LogP contribution in [0.25, 0.3) is 10.9 Å². The molecule has 2 heterocycles. The van der Waals surface area contributed by atoms with Gasteiger partial charge in [-0.15, -0.1) is 0 Å². The molecule has 3 nitrogen and oxygen atoms in total. The first-order valence-corrected chi connectivity index (χ1v) is 6.63. The van der Waals surface area contributed by atoms with Crippen molar-refractivity contribution in [2.75, 3.05) is 31.1 Å². The highest BCUT2D eigenvalue weighted by Gasteiger charge is 2.10. The Kier molecular flexibility index (Phi) is 2.99. The summed E-state index contributed by atoms with van der Waals surface area (Å²) in [6.45, 7) is 4.27. The molecule has 0 radical (unpaired) electrons. The number of nitrogens with one attached hydrogen (secondary N) is 1. The van der Waals surface area contributed by atoms with Gasteiger partial charge in [-0.1, -0.05) is 6.07 Å². The number of anilines is 1. The van der Waals surface area contributed by atoms with Gasteiger partial charge in [-0.25, -0.2) is 0 Å². The molecule has 1 aliphatic rings. The fourth-order valence-corrected chi connectivity index (χ4v) is 2.55. The molecule has 3 rings (SSSR count). The number of halogens is 1. The Labute approximate surface area is 109 Å². The molecule has 0 saturated carbocycles. The lowest BCUT2D eigenvalue weighted by molar-refractivity contribution is 0.589. The third kappa shape index (κ3) is 2.28. The second kappa shape index (κ2) is 4.63. The molecule has 4 heteroatoms. The number of hydrogen-bond donors (Lipinski definition) is 1. The van der Waals surface area contributed by atoms with E-state index in [0.29, 0.717) is 0 Å². The highest BCUT2D eigenvalue weighted by Crippen LogP contribution is 2.23. The minimum atomic E-state index is 1.03. The van der Waals surface area contributed by atoms with E-state index in [2.05, 4.69) is 55.4 Å². The van der Waals surface area contributed by atoms with Crippen molar-refractivity contribution in [3.05, 3.63) is 34.9 Å². The van der Waals surface area contributed by atoms with E-state index in [1.54, 1.807) is 0 Å². The Morgan fingerprint density at radius 3 is 2.82 bits per heavy atom. The normalized spacial score (nSPS) is 16.4. The first-order chi connectivity index (χ1) is 8.33. The number of benzene rings is 1. The molecule has 0 spiro atoms. The van der Waals surface area contributed by atoms with Crippen LogP contribution in [0.5, 0.6) is 0 Å². The van der Waals surface area contributed by atoms with Crippen LogP contribution in [0.1, 0.15) is 0 Å². The number of rotatable bonds is 1. The lowest BCUT2D eigenvalue weighted by Crippen LogP contribution is -2.43. The average Bonchev–Trinajstić information content (AvgIpc) is 2.39. The molecule has 0 unspecified atom stereocenters. The summed E-state index contributed by atoms with van der Waals surface area (Å²) in [6, 6.07) is 8.60. The third-order valence-electron chi connectivity index (χ3n) is 3.12. The summed E-state index contributed by atoms with van der Waals surface area (Å²) < 4.78 is 1.03. The van der Waals surface area contributed by atoms with Crippen molar-refractivity contribution in [2.24, 2.45) is 0 Å². The molecule has 1 N–H and O–H groups in total. The second-order valence-electron chi connectivity index (χ2n) is 4.27. The van der Waals surface area contributed by atoms with Gasteiger partial charge in [-0.05, 0) is 34.1 Å². The van der Waals surface area contributed by atoms with Crippen LogP contribution in [0, 0.1) is 0 Å². The number of pyridine rings is 1. The maximum atomic E-state index is 4.45. The largest absolute Gasteiger partial charge is 0.369 e. The van der Waals surface area contributed by atoms with Crippen molar-refractivity contribution in [1.82, 2.24) is 10.3 Å². The minimum Gasteiger partial charge on any atom is -0.369 e. The van der Waals surface area contributed by atoms with Gasteiger partial charge in [0.25, 0.3) is 0 Å². The van der Waals surface area contributed by atoms with Gasteiger partial charge >= 0.3 is 0 Å². The molecule has 17 heavy (non-hydrogen) atoms. The lowest BCUT2D eigenvalue weighted by Gasteiger charge is -2.29. The smallest absolute Gasteiger partial charge is 0.0723 e. The Balaban J connectivity index is 1.98. The monoisotopic (exact) mass is 291 g/mol. The summed E-state index contributed by atoms with van der Waals surface area (Å²) >= 11 is 3.45. The van der Waals surface area contributed by atoms with Crippen molar-refractivity contribution in [3.63, 3.8) is 0 Å². The summed E-state index contributed by atoms with van der Waals surface area (Å²) in [6.07, 6.45) is 1.85. The maximum Gasteiger partial charge on any atom is 0.0723 e. The molecular weight excluding hydrogens is 278 g/mol. The Morgan fingerprint density at radius 2 is 2.00 bits per heavy atom. The van der Waals surface area contributed by atoms with Crippen molar-refractivity contribution in [2.45, 2.75) is 0 Å². The van der Waals surface area contributed by atoms with E-state index in [1.165, 1.54) is 11.1 Å². The Hall–Kier alpha value is -1.13. The van der Waals surface area contributed by atoms with Crippen LogP contribution in [-0.4, -0.2) is 31.2 Å². The van der Waals surface area contributed by atoms with Gasteiger partial charge in [-0.2, -0.15) is 0 Å². The average molecular weight is 292 g/mol. The van der Waals surface area contributed by atoms with Gasteiger partial charge in [0.1, 0.15) is 0 Å². The van der Waals surface area contributed by atoms with Crippen LogP contribution >= 0.6 is 15.9 Å². The van der Waals surface area contributed by atoms with E-state index in [1.807, 2.05) is 6.20 Å². The Bertz CT molecular complexity index is 535. The molecule has 1 aromatic carbocycles. The van der Waals surface area contributed by atoms with Crippen molar-refractivity contribution < 1.29 is 0 Å². The van der Waals surface area contributed by atoms with Gasteiger partial charge in [0, 0.05) is 47.9 Å². The van der Waals surface area contributed by atoms with E-state index in [4.69, 9.17) is 0 Å². The van der Waals surface area contributed by atoms with E-state index in [0.717, 1.165) is 36.2 Å². The topological polar surface area (TPSA) is 28.2 Å². The molecule has 1 aromatic heterocycles. The molecule has 1 aliphatic heterocycles. The van der Waals surface area contributed by atoms with Gasteiger partial charge < -0.3 is 10.2 Å². The number of hydrogen-bond acceptors (Lipinski definition) is 3. The van der Waals surface area contributed by atoms with E-state index in [-0.39, 0.29) is 0 Å². The predicted molar refractivity (Wildman–Crippen MR) is 74.5 cm³/mol. The number of aromatic nitrogens is 1. The molecule has 0 atom stereocenters. The van der Waals surface area contributed by atoms with Crippen LogP contribution in [0.15, 0.2) is 34.9 Å². The lowest BCUT2D eigenvalue weighted by atomic mass is 10.2. The fourth-order valence-electron chi connectivity index (χ4n) is 2.20. The number of piperazine rings is 1. The zero-order valence-electron chi connectivity index (χ0n) is 9.49. The number of fused-ring (bicyclic) bond motifs is 1. The van der Waals surface area contributed by atoms with Gasteiger partial charge in [-0.3, -0.25) is 4.98 Å². The first-order valence-electron chi connectivity index (χ1n) is 5.84. The standard InChI is InChI=1S/C13H14BrN3/c14-11-7-10-1-2-12(8-13(10)16-9-11)17-5-3-15-4-6-17/h1-2,7-9,15H,3-6H2. The molecular formula is C13H14BrN3. The zero-order valence-corrected chi connectivity index (χ0v) is 11.1. The minimum absolute atomic E-state index is 1.03. The van der Waals surface area contributed by atoms with Crippen molar-refractivity contribution in [1.29, 1.82) is 0 Å². The summed E-state index contributed by atoms with van der Waals surface area (Å²) in [5.41, 5.74) is 2.33. The summed E-state index contributed by atoms with van der Waals surface area (Å²) in [5, 5.41) is 4.54. The third-order valence-corrected chi connectivity index (χ3v) is 3.55. The van der Waals surface area contributed by atoms with E-state index < -0.39 is 0 Å². The summed E-state index contributed by atoms with van der Waals surface area (Å²) in [7, 11) is 0. The Morgan fingerprint density at radius 1 is 1.18 bits per heavy atom. The van der Waals surface area contributed by atoms with Gasteiger partial charge in [0.05, 0.1) is 5.52 Å². The maximum absolute atomic E-state index is 4.45. The molecule has 88 valence electrons. The molecule has 1 saturated heterocycles. The highest BCUT2D eigenvalue weighted by atomic mass is 79.9. The highest BCUT2D eigenvalue weighted by molar-refractivity contribution is 9.10. The van der Waals surface area contributed by atoms with Crippen LogP contribution < -0.4 is 10.2 Å². The van der Waals surface area contributed by atoms with Crippen LogP contribution in [0.3, 0.4) is 0 Å². The van der Waals surface area contributed by atoms with Crippen molar-refractivity contribution >= 4 is 32.5 Å². The molecule has 1 fully saturated rings. The zero-order chi connectivity index (χ0) is 11.7. The van der Waals surface area contributed by atoms with Gasteiger partial charge in [0.15, 0.2) is 0 Å². The molecule has 0 aliphatic carbocycles. The second-order valence-corrected chi connectivity index (χ2v) is 5.18. The summed E-state index contributed by atoms with van der Waals surface area (Å²) in [4.78, 5) is 6.85. The SMILES string of the molecule is Brc1cnc2cc(N3CCNCC3)ccc2c1. The van der Waals surface area contributed by atoms with Gasteiger partial charge in [0.2, 0.25) is 0 Å². The number of nitrogens with zero attached hydrogens (tertiary/aromatic N) is 2. The first kappa shape index (κ1) is 11.0. The molecule has 0 bridgehead atoms. The molecule has 0 amide bonds. The quantitative estimate of drug-likeness (QED) is 0.875. The summed E-state index contributed by atoms with van der Waals surface area (Å²) in [5.74, 6) is 0. The van der Waals surface area contributed by atoms with E-state index in [9.17, 15) is 0 Å². The van der Waals surface area contributed by atoms with Crippen molar-refractivity contribution in [3.8, 4) is 0 Å². The van der Waals surface area contributed by atoms with E-state index >= 15 is 0 Å². The van der Waals surface area contributed by atoms with Crippen LogP contribution in [0.4, 0.5) is 5.69 Å². The molecule has 2 aromatic rings. The fraction of sp³-hybridized carbons (Fsp3) is 0.308. The van der Waals surface area contributed by atoms with Crippen LogP contribution in [0.2, 0.25) is 0 Å². The predicted octanol–water partition coefficient (Wildman–Crippen LogP) is 2.41. The van der Waals surface area contributed by atoms with Crippen LogP contribution in [-0.2, 0) is 0 Å².